The van der Waals surface area contributed by atoms with Crippen LogP contribution in [-0.4, -0.2) is 79.6 Å². The summed E-state index contributed by atoms with van der Waals surface area (Å²) in [7, 11) is -3.49. The van der Waals surface area contributed by atoms with Crippen molar-refractivity contribution in [3.63, 3.8) is 0 Å². The Balaban J connectivity index is 1.36. The van der Waals surface area contributed by atoms with E-state index in [1.54, 1.807) is 35.2 Å². The summed E-state index contributed by atoms with van der Waals surface area (Å²) in [6.45, 7) is 5.97. The Hall–Kier alpha value is -2.72. The zero-order valence-corrected chi connectivity index (χ0v) is 19.1. The quantitative estimate of drug-likeness (QED) is 0.652. The second-order valence-electron chi connectivity index (χ2n) is 7.93. The number of nitrogens with zero attached hydrogens (tertiary/aromatic N) is 5. The van der Waals surface area contributed by atoms with E-state index in [9.17, 15) is 13.2 Å². The van der Waals surface area contributed by atoms with Crippen LogP contribution in [-0.2, 0) is 10.0 Å². The monoisotopic (exact) mass is 459 g/mol. The van der Waals surface area contributed by atoms with Crippen LogP contribution in [0.25, 0.3) is 0 Å². The Morgan fingerprint density at radius 1 is 0.906 bits per heavy atom. The van der Waals surface area contributed by atoms with Gasteiger partial charge in [-0.15, -0.1) is 10.2 Å². The molecule has 0 saturated carbocycles. The third-order valence-corrected chi connectivity index (χ3v) is 7.78. The van der Waals surface area contributed by atoms with Crippen molar-refractivity contribution in [2.75, 3.05) is 50.8 Å². The average molecular weight is 460 g/mol. The van der Waals surface area contributed by atoms with Crippen molar-refractivity contribution in [1.29, 1.82) is 0 Å². The number of hydrogen-bond acceptors (Lipinski definition) is 7. The highest BCUT2D eigenvalue weighted by atomic mass is 32.2. The second-order valence-corrected chi connectivity index (χ2v) is 9.87. The summed E-state index contributed by atoms with van der Waals surface area (Å²) >= 11 is 0. The van der Waals surface area contributed by atoms with Crippen molar-refractivity contribution < 1.29 is 17.9 Å². The lowest BCUT2D eigenvalue weighted by molar-refractivity contribution is 0.0746. The first-order chi connectivity index (χ1) is 15.5. The molecule has 2 aliphatic rings. The van der Waals surface area contributed by atoms with Gasteiger partial charge >= 0.3 is 0 Å². The largest absolute Gasteiger partial charge is 0.477 e. The van der Waals surface area contributed by atoms with Gasteiger partial charge in [-0.05, 0) is 50.1 Å². The number of amides is 1. The van der Waals surface area contributed by atoms with Gasteiger partial charge in [0.25, 0.3) is 5.91 Å². The zero-order valence-electron chi connectivity index (χ0n) is 18.3. The number of benzene rings is 1. The van der Waals surface area contributed by atoms with Crippen molar-refractivity contribution >= 4 is 21.7 Å². The van der Waals surface area contributed by atoms with Crippen LogP contribution < -0.4 is 9.64 Å². The number of rotatable bonds is 6. The molecule has 0 radical (unpaired) electrons. The third kappa shape index (κ3) is 4.86. The van der Waals surface area contributed by atoms with E-state index in [1.807, 2.05) is 13.0 Å². The van der Waals surface area contributed by atoms with Gasteiger partial charge in [0.15, 0.2) is 5.82 Å². The molecular formula is C22H29N5O4S. The average Bonchev–Trinajstić information content (AvgIpc) is 2.85. The fourth-order valence-electron chi connectivity index (χ4n) is 4.05. The topological polar surface area (TPSA) is 95.9 Å². The van der Waals surface area contributed by atoms with Gasteiger partial charge in [0.05, 0.1) is 11.5 Å². The lowest BCUT2D eigenvalue weighted by Crippen LogP contribution is -2.49. The Morgan fingerprint density at radius 2 is 1.59 bits per heavy atom. The predicted molar refractivity (Wildman–Crippen MR) is 120 cm³/mol. The summed E-state index contributed by atoms with van der Waals surface area (Å²) in [5.41, 5.74) is 0.497. The van der Waals surface area contributed by atoms with E-state index in [4.69, 9.17) is 4.74 Å². The number of carbonyl (C=O) groups is 1. The van der Waals surface area contributed by atoms with Crippen LogP contribution in [0, 0.1) is 0 Å². The number of piperidine rings is 1. The number of carbonyl (C=O) groups excluding carboxylic acids is 1. The number of anilines is 1. The molecule has 0 bridgehead atoms. The van der Waals surface area contributed by atoms with Crippen LogP contribution in [0.5, 0.6) is 5.88 Å². The highest BCUT2D eigenvalue weighted by molar-refractivity contribution is 7.89. The molecule has 0 spiro atoms. The number of hydrogen-bond donors (Lipinski definition) is 0. The zero-order chi connectivity index (χ0) is 22.6. The molecule has 2 saturated heterocycles. The molecule has 9 nitrogen and oxygen atoms in total. The fraction of sp³-hybridized carbons (Fsp3) is 0.500. The van der Waals surface area contributed by atoms with Gasteiger partial charge in [-0.3, -0.25) is 4.79 Å². The Morgan fingerprint density at radius 3 is 2.19 bits per heavy atom. The lowest BCUT2D eigenvalue weighted by Gasteiger charge is -2.35. The molecular weight excluding hydrogens is 430 g/mol. The minimum absolute atomic E-state index is 0.0932. The molecule has 3 heterocycles. The molecule has 1 aromatic heterocycles. The minimum atomic E-state index is -3.49. The standard InChI is InChI=1S/C22H29N5O4S/c1-2-31-21-11-10-20(23-24-21)25-14-16-26(17-15-25)22(28)18-6-8-19(9-7-18)32(29,30)27-12-4-3-5-13-27/h6-11H,2-5,12-17H2,1H3. The molecule has 32 heavy (non-hydrogen) atoms. The van der Waals surface area contributed by atoms with E-state index in [0.29, 0.717) is 57.3 Å². The Bertz CT molecular complexity index is 1010. The molecule has 0 aliphatic carbocycles. The van der Waals surface area contributed by atoms with E-state index in [0.717, 1.165) is 25.1 Å². The summed E-state index contributed by atoms with van der Waals surface area (Å²) in [4.78, 5) is 17.0. The van der Waals surface area contributed by atoms with Gasteiger partial charge in [-0.1, -0.05) is 6.42 Å². The van der Waals surface area contributed by atoms with E-state index < -0.39 is 10.0 Å². The molecule has 2 aliphatic heterocycles. The van der Waals surface area contributed by atoms with Crippen molar-refractivity contribution in [3.05, 3.63) is 42.0 Å². The first-order valence-corrected chi connectivity index (χ1v) is 12.5. The van der Waals surface area contributed by atoms with Crippen LogP contribution in [0.2, 0.25) is 0 Å². The van der Waals surface area contributed by atoms with Crippen molar-refractivity contribution in [2.45, 2.75) is 31.1 Å². The summed E-state index contributed by atoms with van der Waals surface area (Å²) in [6, 6.07) is 9.98. The van der Waals surface area contributed by atoms with Crippen LogP contribution >= 0.6 is 0 Å². The van der Waals surface area contributed by atoms with Gasteiger partial charge in [0.1, 0.15) is 0 Å². The minimum Gasteiger partial charge on any atom is -0.477 e. The number of aromatic nitrogens is 2. The van der Waals surface area contributed by atoms with Gasteiger partial charge in [0, 0.05) is 50.9 Å². The highest BCUT2D eigenvalue weighted by Gasteiger charge is 2.27. The molecule has 0 unspecified atom stereocenters. The van der Waals surface area contributed by atoms with Crippen molar-refractivity contribution in [3.8, 4) is 5.88 Å². The molecule has 1 aromatic carbocycles. The summed E-state index contributed by atoms with van der Waals surface area (Å²) in [6.07, 6.45) is 2.85. The molecule has 10 heteroatoms. The maximum atomic E-state index is 12.9. The van der Waals surface area contributed by atoms with Crippen LogP contribution in [0.4, 0.5) is 5.82 Å². The van der Waals surface area contributed by atoms with Crippen molar-refractivity contribution in [2.24, 2.45) is 0 Å². The molecule has 172 valence electrons. The molecule has 1 amide bonds. The van der Waals surface area contributed by atoms with E-state index in [-0.39, 0.29) is 10.8 Å². The van der Waals surface area contributed by atoms with Gasteiger partial charge < -0.3 is 14.5 Å². The first-order valence-electron chi connectivity index (χ1n) is 11.1. The van der Waals surface area contributed by atoms with Gasteiger partial charge in [0.2, 0.25) is 15.9 Å². The number of sulfonamides is 1. The van der Waals surface area contributed by atoms with E-state index in [2.05, 4.69) is 15.1 Å². The molecule has 2 fully saturated rings. The maximum absolute atomic E-state index is 12.9. The second kappa shape index (κ2) is 9.83. The van der Waals surface area contributed by atoms with Crippen molar-refractivity contribution in [1.82, 2.24) is 19.4 Å². The van der Waals surface area contributed by atoms with Crippen LogP contribution in [0.1, 0.15) is 36.5 Å². The molecule has 4 rings (SSSR count). The normalized spacial score (nSPS) is 17.9. The SMILES string of the molecule is CCOc1ccc(N2CCN(C(=O)c3ccc(S(=O)(=O)N4CCCCC4)cc3)CC2)nn1. The third-order valence-electron chi connectivity index (χ3n) is 5.86. The van der Waals surface area contributed by atoms with Gasteiger partial charge in [-0.2, -0.15) is 4.31 Å². The fourth-order valence-corrected chi connectivity index (χ4v) is 5.57. The van der Waals surface area contributed by atoms with Crippen LogP contribution in [0.15, 0.2) is 41.3 Å². The smallest absolute Gasteiger partial charge is 0.253 e. The molecule has 0 atom stereocenters. The summed E-state index contributed by atoms with van der Waals surface area (Å²) in [5, 5.41) is 8.27. The highest BCUT2D eigenvalue weighted by Crippen LogP contribution is 2.22. The lowest BCUT2D eigenvalue weighted by atomic mass is 10.2. The summed E-state index contributed by atoms with van der Waals surface area (Å²) in [5.74, 6) is 1.16. The van der Waals surface area contributed by atoms with E-state index >= 15 is 0 Å². The Kier molecular flexibility index (Phi) is 6.90. The van der Waals surface area contributed by atoms with Gasteiger partial charge in [-0.25, -0.2) is 8.42 Å². The summed E-state index contributed by atoms with van der Waals surface area (Å²) < 4.78 is 32.5. The van der Waals surface area contributed by atoms with E-state index in [1.165, 1.54) is 4.31 Å². The molecule has 2 aromatic rings. The Labute approximate surface area is 189 Å². The molecule has 0 N–H and O–H groups in total. The maximum Gasteiger partial charge on any atom is 0.253 e. The number of piperazine rings is 1. The van der Waals surface area contributed by atoms with Crippen LogP contribution in [0.3, 0.4) is 0 Å². The number of ether oxygens (including phenoxy) is 1. The first kappa shape index (κ1) is 22.5. The predicted octanol–water partition coefficient (Wildman–Crippen LogP) is 2.01.